The molecule has 0 bridgehead atoms. The zero-order valence-electron chi connectivity index (χ0n) is 12.2. The summed E-state index contributed by atoms with van der Waals surface area (Å²) in [5.41, 5.74) is 3.02. The first-order valence-corrected chi connectivity index (χ1v) is 7.24. The molecule has 4 heteroatoms. The zero-order chi connectivity index (χ0) is 15.2. The lowest BCUT2D eigenvalue weighted by Gasteiger charge is -2.09. The quantitative estimate of drug-likeness (QED) is 0.897. The molecule has 0 radical (unpaired) electrons. The number of ether oxygens (including phenoxy) is 1. The zero-order valence-corrected chi connectivity index (χ0v) is 12.9. The SMILES string of the molecule is CCc1ccc(NC(=O)COc2cc(C)ccc2Cl)cc1. The maximum absolute atomic E-state index is 11.9. The Balaban J connectivity index is 1.91. The number of hydrogen-bond acceptors (Lipinski definition) is 2. The molecular weight excluding hydrogens is 286 g/mol. The number of rotatable bonds is 5. The van der Waals surface area contributed by atoms with Gasteiger partial charge in [0.1, 0.15) is 5.75 Å². The van der Waals surface area contributed by atoms with E-state index in [0.29, 0.717) is 10.8 Å². The Morgan fingerprint density at radius 1 is 1.19 bits per heavy atom. The second kappa shape index (κ2) is 7.14. The standard InChI is InChI=1S/C17H18ClNO2/c1-3-13-5-7-14(8-6-13)19-17(20)11-21-16-10-12(2)4-9-15(16)18/h4-10H,3,11H2,1-2H3,(H,19,20). The predicted molar refractivity (Wildman–Crippen MR) is 86.1 cm³/mol. The van der Waals surface area contributed by atoms with Crippen LogP contribution >= 0.6 is 11.6 Å². The summed E-state index contributed by atoms with van der Waals surface area (Å²) < 4.78 is 5.45. The van der Waals surface area contributed by atoms with Crippen LogP contribution in [0, 0.1) is 6.92 Å². The van der Waals surface area contributed by atoms with Crippen LogP contribution in [0.1, 0.15) is 18.1 Å². The minimum atomic E-state index is -0.211. The molecule has 110 valence electrons. The maximum atomic E-state index is 11.9. The van der Waals surface area contributed by atoms with Gasteiger partial charge in [-0.05, 0) is 48.7 Å². The van der Waals surface area contributed by atoms with Gasteiger partial charge >= 0.3 is 0 Å². The molecule has 2 rings (SSSR count). The second-order valence-electron chi connectivity index (χ2n) is 4.82. The average molecular weight is 304 g/mol. The van der Waals surface area contributed by atoms with Gasteiger partial charge in [-0.15, -0.1) is 0 Å². The van der Waals surface area contributed by atoms with Crippen LogP contribution in [0.15, 0.2) is 42.5 Å². The summed E-state index contributed by atoms with van der Waals surface area (Å²) in [6.07, 6.45) is 0.975. The number of halogens is 1. The Bertz CT molecular complexity index is 623. The third kappa shape index (κ3) is 4.50. The van der Waals surface area contributed by atoms with Crippen LogP contribution in [0.5, 0.6) is 5.75 Å². The fourth-order valence-electron chi connectivity index (χ4n) is 1.89. The van der Waals surface area contributed by atoms with E-state index in [2.05, 4.69) is 12.2 Å². The number of hydrogen-bond donors (Lipinski definition) is 1. The molecule has 0 atom stereocenters. The molecule has 0 saturated carbocycles. The van der Waals surface area contributed by atoms with Crippen LogP contribution in [0.3, 0.4) is 0 Å². The Hall–Kier alpha value is -2.00. The molecule has 3 nitrogen and oxygen atoms in total. The largest absolute Gasteiger partial charge is 0.482 e. The first kappa shape index (κ1) is 15.4. The normalized spacial score (nSPS) is 10.2. The van der Waals surface area contributed by atoms with E-state index < -0.39 is 0 Å². The summed E-state index contributed by atoms with van der Waals surface area (Å²) in [4.78, 5) is 11.9. The number of benzene rings is 2. The molecular formula is C17H18ClNO2. The van der Waals surface area contributed by atoms with E-state index in [4.69, 9.17) is 16.3 Å². The second-order valence-corrected chi connectivity index (χ2v) is 5.23. The molecule has 1 amide bonds. The number of carbonyl (C=O) groups excluding carboxylic acids is 1. The topological polar surface area (TPSA) is 38.3 Å². The molecule has 2 aromatic rings. The molecule has 0 unspecified atom stereocenters. The van der Waals surface area contributed by atoms with Crippen molar-refractivity contribution in [1.29, 1.82) is 0 Å². The number of anilines is 1. The van der Waals surface area contributed by atoms with Crippen molar-refractivity contribution in [3.63, 3.8) is 0 Å². The highest BCUT2D eigenvalue weighted by Gasteiger charge is 2.06. The smallest absolute Gasteiger partial charge is 0.262 e. The predicted octanol–water partition coefficient (Wildman–Crippen LogP) is 4.23. The van der Waals surface area contributed by atoms with Gasteiger partial charge in [-0.2, -0.15) is 0 Å². The highest BCUT2D eigenvalue weighted by molar-refractivity contribution is 6.32. The fraction of sp³-hybridized carbons (Fsp3) is 0.235. The summed E-state index contributed by atoms with van der Waals surface area (Å²) in [7, 11) is 0. The molecule has 0 saturated heterocycles. The average Bonchev–Trinajstić information content (AvgIpc) is 2.49. The minimum absolute atomic E-state index is 0.0707. The third-order valence-corrected chi connectivity index (χ3v) is 3.40. The Morgan fingerprint density at radius 3 is 2.57 bits per heavy atom. The van der Waals surface area contributed by atoms with Gasteiger partial charge < -0.3 is 10.1 Å². The molecule has 0 aromatic heterocycles. The van der Waals surface area contributed by atoms with Gasteiger partial charge in [-0.3, -0.25) is 4.79 Å². The highest BCUT2D eigenvalue weighted by Crippen LogP contribution is 2.25. The lowest BCUT2D eigenvalue weighted by molar-refractivity contribution is -0.118. The van der Waals surface area contributed by atoms with Crippen LogP contribution in [-0.2, 0) is 11.2 Å². The van der Waals surface area contributed by atoms with Crippen molar-refractivity contribution >= 4 is 23.2 Å². The van der Waals surface area contributed by atoms with Crippen LogP contribution in [0.4, 0.5) is 5.69 Å². The van der Waals surface area contributed by atoms with Gasteiger partial charge in [0, 0.05) is 5.69 Å². The number of aryl methyl sites for hydroxylation is 2. The maximum Gasteiger partial charge on any atom is 0.262 e. The van der Waals surface area contributed by atoms with Crippen molar-refractivity contribution in [2.75, 3.05) is 11.9 Å². The van der Waals surface area contributed by atoms with E-state index >= 15 is 0 Å². The summed E-state index contributed by atoms with van der Waals surface area (Å²) >= 11 is 6.02. The van der Waals surface area contributed by atoms with Gasteiger partial charge in [-0.1, -0.05) is 36.7 Å². The van der Waals surface area contributed by atoms with Crippen molar-refractivity contribution in [1.82, 2.24) is 0 Å². The Kier molecular flexibility index (Phi) is 5.23. The Labute approximate surface area is 129 Å². The van der Waals surface area contributed by atoms with Gasteiger partial charge in [0.05, 0.1) is 5.02 Å². The molecule has 1 N–H and O–H groups in total. The van der Waals surface area contributed by atoms with Crippen LogP contribution in [0.25, 0.3) is 0 Å². The van der Waals surface area contributed by atoms with E-state index in [1.807, 2.05) is 43.3 Å². The summed E-state index contributed by atoms with van der Waals surface area (Å²) in [6.45, 7) is 3.96. The molecule has 0 aliphatic carbocycles. The number of carbonyl (C=O) groups is 1. The molecule has 2 aromatic carbocycles. The lowest BCUT2D eigenvalue weighted by Crippen LogP contribution is -2.20. The lowest BCUT2D eigenvalue weighted by atomic mass is 10.1. The van der Waals surface area contributed by atoms with Gasteiger partial charge in [-0.25, -0.2) is 0 Å². The first-order chi connectivity index (χ1) is 10.1. The molecule has 0 heterocycles. The van der Waals surface area contributed by atoms with Crippen molar-refractivity contribution in [2.45, 2.75) is 20.3 Å². The summed E-state index contributed by atoms with van der Waals surface area (Å²) in [5, 5.41) is 3.29. The molecule has 0 aliphatic rings. The van der Waals surface area contributed by atoms with E-state index in [-0.39, 0.29) is 12.5 Å². The molecule has 0 spiro atoms. The minimum Gasteiger partial charge on any atom is -0.482 e. The Morgan fingerprint density at radius 2 is 1.90 bits per heavy atom. The van der Waals surface area contributed by atoms with Crippen molar-refractivity contribution in [3.8, 4) is 5.75 Å². The van der Waals surface area contributed by atoms with Crippen molar-refractivity contribution in [2.24, 2.45) is 0 Å². The van der Waals surface area contributed by atoms with E-state index in [1.54, 1.807) is 6.07 Å². The van der Waals surface area contributed by atoms with Crippen LogP contribution in [0.2, 0.25) is 5.02 Å². The molecule has 0 aliphatic heterocycles. The van der Waals surface area contributed by atoms with E-state index in [9.17, 15) is 4.79 Å². The highest BCUT2D eigenvalue weighted by atomic mass is 35.5. The van der Waals surface area contributed by atoms with Gasteiger partial charge in [0.2, 0.25) is 0 Å². The fourth-order valence-corrected chi connectivity index (χ4v) is 2.06. The van der Waals surface area contributed by atoms with Crippen LogP contribution < -0.4 is 10.1 Å². The van der Waals surface area contributed by atoms with Gasteiger partial charge in [0.25, 0.3) is 5.91 Å². The first-order valence-electron chi connectivity index (χ1n) is 6.86. The van der Waals surface area contributed by atoms with E-state index in [1.165, 1.54) is 5.56 Å². The monoisotopic (exact) mass is 303 g/mol. The van der Waals surface area contributed by atoms with Gasteiger partial charge in [0.15, 0.2) is 6.61 Å². The third-order valence-electron chi connectivity index (χ3n) is 3.09. The number of amides is 1. The van der Waals surface area contributed by atoms with Crippen molar-refractivity contribution in [3.05, 3.63) is 58.6 Å². The van der Waals surface area contributed by atoms with Crippen LogP contribution in [-0.4, -0.2) is 12.5 Å². The molecule has 0 fully saturated rings. The van der Waals surface area contributed by atoms with Crippen molar-refractivity contribution < 1.29 is 9.53 Å². The molecule has 21 heavy (non-hydrogen) atoms. The summed E-state index contributed by atoms with van der Waals surface area (Å²) in [5.74, 6) is 0.310. The number of nitrogens with one attached hydrogen (secondary N) is 1. The summed E-state index contributed by atoms with van der Waals surface area (Å²) in [6, 6.07) is 13.2. The van der Waals surface area contributed by atoms with E-state index in [0.717, 1.165) is 17.7 Å².